The first-order valence-electron chi connectivity index (χ1n) is 9.44. The lowest BCUT2D eigenvalue weighted by Crippen LogP contribution is -2.42. The molecule has 0 aliphatic carbocycles. The molecule has 2 fully saturated rings. The summed E-state index contributed by atoms with van der Waals surface area (Å²) in [6.45, 7) is 6.46. The largest absolute Gasteiger partial charge is 0.334 e. The van der Waals surface area contributed by atoms with Crippen LogP contribution in [0.15, 0.2) is 29.2 Å². The first kappa shape index (κ1) is 22.1. The van der Waals surface area contributed by atoms with E-state index in [2.05, 4.69) is 13.8 Å². The van der Waals surface area contributed by atoms with E-state index in [9.17, 15) is 13.2 Å². The molecule has 27 heavy (non-hydrogen) atoms. The number of nitrogens with two attached hydrogens (primary N) is 1. The maximum atomic E-state index is 12.9. The van der Waals surface area contributed by atoms with Crippen LogP contribution in [0.2, 0.25) is 0 Å². The van der Waals surface area contributed by atoms with Crippen molar-refractivity contribution in [1.29, 1.82) is 0 Å². The molecular weight excluding hydrogens is 386 g/mol. The molecule has 3 rings (SSSR count). The van der Waals surface area contributed by atoms with Crippen LogP contribution in [0, 0.1) is 11.8 Å². The van der Waals surface area contributed by atoms with E-state index in [1.54, 1.807) is 33.5 Å². The summed E-state index contributed by atoms with van der Waals surface area (Å²) >= 11 is 0. The van der Waals surface area contributed by atoms with E-state index in [0.29, 0.717) is 43.6 Å². The molecule has 8 heteroatoms. The molecule has 1 aromatic carbocycles. The summed E-state index contributed by atoms with van der Waals surface area (Å²) in [5, 5.41) is 0. The SMILES string of the molecule is CC1CC(C)CN(S(=O)(=O)c2ccc(C(=O)N3CCCC3CN)cc2)C1.Cl. The number of nitrogens with zero attached hydrogens (tertiary/aromatic N) is 2. The summed E-state index contributed by atoms with van der Waals surface area (Å²) in [7, 11) is -3.52. The van der Waals surface area contributed by atoms with E-state index >= 15 is 0 Å². The van der Waals surface area contributed by atoms with Crippen molar-refractivity contribution in [2.45, 2.75) is 44.0 Å². The van der Waals surface area contributed by atoms with E-state index in [1.165, 1.54) is 0 Å². The molecule has 2 aliphatic heterocycles. The summed E-state index contributed by atoms with van der Waals surface area (Å²) in [6, 6.07) is 6.44. The molecule has 2 saturated heterocycles. The second kappa shape index (κ2) is 8.90. The Kier molecular flexibility index (Phi) is 7.30. The van der Waals surface area contributed by atoms with Crippen molar-refractivity contribution >= 4 is 28.3 Å². The second-order valence-corrected chi connectivity index (χ2v) is 9.76. The number of piperidine rings is 1. The second-order valence-electron chi connectivity index (χ2n) is 7.82. The van der Waals surface area contributed by atoms with Gasteiger partial charge < -0.3 is 10.6 Å². The topological polar surface area (TPSA) is 83.7 Å². The molecule has 3 atom stereocenters. The third-order valence-corrected chi connectivity index (χ3v) is 7.33. The molecule has 6 nitrogen and oxygen atoms in total. The molecule has 152 valence electrons. The Morgan fingerprint density at radius 2 is 1.74 bits per heavy atom. The van der Waals surface area contributed by atoms with Gasteiger partial charge in [-0.25, -0.2) is 8.42 Å². The van der Waals surface area contributed by atoms with Crippen LogP contribution >= 0.6 is 12.4 Å². The van der Waals surface area contributed by atoms with Crippen LogP contribution in [-0.2, 0) is 10.0 Å². The van der Waals surface area contributed by atoms with Gasteiger partial charge in [-0.3, -0.25) is 4.79 Å². The maximum Gasteiger partial charge on any atom is 0.254 e. The number of hydrogen-bond acceptors (Lipinski definition) is 4. The first-order valence-corrected chi connectivity index (χ1v) is 10.9. The number of carbonyl (C=O) groups is 1. The van der Waals surface area contributed by atoms with Crippen LogP contribution in [0.25, 0.3) is 0 Å². The maximum absolute atomic E-state index is 12.9. The van der Waals surface area contributed by atoms with Crippen LogP contribution in [0.1, 0.15) is 43.5 Å². The lowest BCUT2D eigenvalue weighted by Gasteiger charge is -2.34. The van der Waals surface area contributed by atoms with Gasteiger partial charge in [-0.05, 0) is 55.4 Å². The number of likely N-dealkylation sites (tertiary alicyclic amines) is 1. The molecule has 2 heterocycles. The van der Waals surface area contributed by atoms with Crippen molar-refractivity contribution in [3.05, 3.63) is 29.8 Å². The number of amides is 1. The number of sulfonamides is 1. The van der Waals surface area contributed by atoms with Gasteiger partial charge in [0.05, 0.1) is 4.90 Å². The van der Waals surface area contributed by atoms with Crippen LogP contribution in [0.4, 0.5) is 0 Å². The Balaban J connectivity index is 0.00000261. The normalized spacial score (nSPS) is 26.6. The van der Waals surface area contributed by atoms with E-state index in [0.717, 1.165) is 19.3 Å². The summed E-state index contributed by atoms with van der Waals surface area (Å²) in [5.41, 5.74) is 6.27. The molecule has 3 unspecified atom stereocenters. The zero-order chi connectivity index (χ0) is 18.9. The predicted octanol–water partition coefficient (Wildman–Crippen LogP) is 2.34. The molecule has 2 N–H and O–H groups in total. The van der Waals surface area contributed by atoms with Crippen LogP contribution < -0.4 is 5.73 Å². The van der Waals surface area contributed by atoms with Gasteiger partial charge in [0.15, 0.2) is 0 Å². The minimum absolute atomic E-state index is 0. The monoisotopic (exact) mass is 415 g/mol. The third-order valence-electron chi connectivity index (χ3n) is 5.48. The van der Waals surface area contributed by atoms with Crippen LogP contribution in [0.3, 0.4) is 0 Å². The van der Waals surface area contributed by atoms with Crippen molar-refractivity contribution in [3.63, 3.8) is 0 Å². The Morgan fingerprint density at radius 3 is 2.30 bits per heavy atom. The summed E-state index contributed by atoms with van der Waals surface area (Å²) < 4.78 is 27.4. The van der Waals surface area contributed by atoms with Crippen molar-refractivity contribution < 1.29 is 13.2 Å². The highest BCUT2D eigenvalue weighted by Gasteiger charge is 2.32. The summed E-state index contributed by atoms with van der Waals surface area (Å²) in [5.74, 6) is 0.651. The van der Waals surface area contributed by atoms with Gasteiger partial charge in [0, 0.05) is 37.8 Å². The Bertz CT molecular complexity index is 744. The Hall–Kier alpha value is -1.15. The van der Waals surface area contributed by atoms with Crippen LogP contribution in [0.5, 0.6) is 0 Å². The smallest absolute Gasteiger partial charge is 0.254 e. The minimum atomic E-state index is -3.52. The molecule has 0 aromatic heterocycles. The minimum Gasteiger partial charge on any atom is -0.334 e. The van der Waals surface area contributed by atoms with Gasteiger partial charge in [0.25, 0.3) is 5.91 Å². The quantitative estimate of drug-likeness (QED) is 0.817. The van der Waals surface area contributed by atoms with Crippen molar-refractivity contribution in [2.24, 2.45) is 17.6 Å². The highest BCUT2D eigenvalue weighted by molar-refractivity contribution is 7.89. The molecule has 1 aromatic rings. The summed E-state index contributed by atoms with van der Waals surface area (Å²) in [4.78, 5) is 14.7. The first-order chi connectivity index (χ1) is 12.3. The highest BCUT2D eigenvalue weighted by Crippen LogP contribution is 2.27. The summed E-state index contributed by atoms with van der Waals surface area (Å²) in [6.07, 6.45) is 2.95. The molecule has 0 radical (unpaired) electrons. The van der Waals surface area contributed by atoms with Gasteiger partial charge in [-0.1, -0.05) is 13.8 Å². The number of carbonyl (C=O) groups excluding carboxylic acids is 1. The lowest BCUT2D eigenvalue weighted by atomic mass is 9.94. The van der Waals surface area contributed by atoms with Crippen molar-refractivity contribution in [3.8, 4) is 0 Å². The molecular formula is C19H30ClN3O3S. The molecule has 0 bridgehead atoms. The van der Waals surface area contributed by atoms with Gasteiger partial charge in [-0.2, -0.15) is 4.31 Å². The fourth-order valence-corrected chi connectivity index (χ4v) is 5.91. The zero-order valence-electron chi connectivity index (χ0n) is 16.0. The Morgan fingerprint density at radius 1 is 1.15 bits per heavy atom. The zero-order valence-corrected chi connectivity index (χ0v) is 17.6. The molecule has 0 spiro atoms. The van der Waals surface area contributed by atoms with Gasteiger partial charge in [-0.15, -0.1) is 12.4 Å². The van der Waals surface area contributed by atoms with E-state index < -0.39 is 10.0 Å². The number of benzene rings is 1. The Labute approximate surface area is 168 Å². The number of halogens is 1. The average molecular weight is 416 g/mol. The predicted molar refractivity (Wildman–Crippen MR) is 109 cm³/mol. The van der Waals surface area contributed by atoms with Gasteiger partial charge >= 0.3 is 0 Å². The van der Waals surface area contributed by atoms with Gasteiger partial charge in [0.2, 0.25) is 10.0 Å². The standard InChI is InChI=1S/C19H29N3O3S.ClH/c1-14-10-15(2)13-21(12-14)26(24,25)18-7-5-16(6-8-18)19(23)22-9-3-4-17(22)11-20;/h5-8,14-15,17H,3-4,9-13,20H2,1-2H3;1H. The average Bonchev–Trinajstić information content (AvgIpc) is 3.09. The fourth-order valence-electron chi connectivity index (χ4n) is 4.23. The number of hydrogen-bond donors (Lipinski definition) is 1. The third kappa shape index (κ3) is 4.65. The molecule has 0 saturated carbocycles. The van der Waals surface area contributed by atoms with Crippen molar-refractivity contribution in [2.75, 3.05) is 26.2 Å². The van der Waals surface area contributed by atoms with Crippen molar-refractivity contribution in [1.82, 2.24) is 9.21 Å². The van der Waals surface area contributed by atoms with Crippen LogP contribution in [-0.4, -0.2) is 55.8 Å². The lowest BCUT2D eigenvalue weighted by molar-refractivity contribution is 0.0741. The van der Waals surface area contributed by atoms with E-state index in [-0.39, 0.29) is 29.3 Å². The highest BCUT2D eigenvalue weighted by atomic mass is 35.5. The molecule has 1 amide bonds. The van der Waals surface area contributed by atoms with E-state index in [1.807, 2.05) is 0 Å². The molecule has 2 aliphatic rings. The fraction of sp³-hybridized carbons (Fsp3) is 0.632. The number of rotatable bonds is 4. The van der Waals surface area contributed by atoms with E-state index in [4.69, 9.17) is 5.73 Å². The van der Waals surface area contributed by atoms with Gasteiger partial charge in [0.1, 0.15) is 0 Å².